The molecular formula is C10H19N3O7. The summed E-state index contributed by atoms with van der Waals surface area (Å²) in [6.45, 7) is -1.97. The van der Waals surface area contributed by atoms with Gasteiger partial charge in [0.1, 0.15) is 0 Å². The van der Waals surface area contributed by atoms with Crippen LogP contribution in [0, 0.1) is 0 Å². The molecule has 0 aromatic heterocycles. The Hall–Kier alpha value is -1.75. The lowest BCUT2D eigenvalue weighted by atomic mass is 10.3. The molecule has 0 aromatic carbocycles. The van der Waals surface area contributed by atoms with Crippen LogP contribution in [0.15, 0.2) is 0 Å². The largest absolute Gasteiger partial charge is 0.480 e. The molecule has 20 heavy (non-hydrogen) atoms. The van der Waals surface area contributed by atoms with Gasteiger partial charge in [0.25, 0.3) is 0 Å². The van der Waals surface area contributed by atoms with Gasteiger partial charge in [-0.15, -0.1) is 0 Å². The van der Waals surface area contributed by atoms with Crippen molar-refractivity contribution in [3.8, 4) is 0 Å². The standard InChI is InChI=1S/C10H19N3O7/c11-7(13(1-2-14)6-10(19)20)3-12(4-8(15)16)5-9(17)18/h7,14H,1-6,11H2,(H,15,16)(H,17,18)(H,19,20). The fourth-order valence-electron chi connectivity index (χ4n) is 1.61. The van der Waals surface area contributed by atoms with E-state index in [1.54, 1.807) is 0 Å². The first kappa shape index (κ1) is 18.2. The highest BCUT2D eigenvalue weighted by Crippen LogP contribution is 1.98. The number of hydrogen-bond donors (Lipinski definition) is 5. The van der Waals surface area contributed by atoms with Crippen LogP contribution in [0.4, 0.5) is 0 Å². The van der Waals surface area contributed by atoms with Crippen molar-refractivity contribution in [2.75, 3.05) is 39.3 Å². The second kappa shape index (κ2) is 9.20. The molecule has 0 saturated carbocycles. The van der Waals surface area contributed by atoms with E-state index >= 15 is 0 Å². The summed E-state index contributed by atoms with van der Waals surface area (Å²) in [7, 11) is 0. The minimum Gasteiger partial charge on any atom is -0.480 e. The average molecular weight is 293 g/mol. The Morgan fingerprint density at radius 1 is 0.950 bits per heavy atom. The lowest BCUT2D eigenvalue weighted by Gasteiger charge is -2.30. The van der Waals surface area contributed by atoms with E-state index in [2.05, 4.69) is 0 Å². The summed E-state index contributed by atoms with van der Waals surface area (Å²) in [6, 6.07) is 0. The van der Waals surface area contributed by atoms with Gasteiger partial charge in [0.2, 0.25) is 0 Å². The van der Waals surface area contributed by atoms with Crippen LogP contribution in [0.5, 0.6) is 0 Å². The van der Waals surface area contributed by atoms with Crippen molar-refractivity contribution < 1.29 is 34.8 Å². The summed E-state index contributed by atoms with van der Waals surface area (Å²) in [4.78, 5) is 34.2. The van der Waals surface area contributed by atoms with Crippen LogP contribution >= 0.6 is 0 Å². The predicted molar refractivity (Wildman–Crippen MR) is 66.0 cm³/mol. The summed E-state index contributed by atoms with van der Waals surface area (Å²) >= 11 is 0. The molecule has 0 bridgehead atoms. The summed E-state index contributed by atoms with van der Waals surface area (Å²) in [5, 5.41) is 34.9. The minimum atomic E-state index is -1.22. The highest BCUT2D eigenvalue weighted by Gasteiger charge is 2.22. The van der Waals surface area contributed by atoms with Gasteiger partial charge in [0.05, 0.1) is 32.4 Å². The van der Waals surface area contributed by atoms with Crippen molar-refractivity contribution in [2.24, 2.45) is 5.73 Å². The molecule has 0 fully saturated rings. The summed E-state index contributed by atoms with van der Waals surface area (Å²) in [5.74, 6) is -3.59. The molecule has 10 nitrogen and oxygen atoms in total. The molecule has 0 aliphatic heterocycles. The van der Waals surface area contributed by atoms with Crippen molar-refractivity contribution in [3.05, 3.63) is 0 Å². The minimum absolute atomic E-state index is 0.0125. The van der Waals surface area contributed by atoms with E-state index in [0.717, 1.165) is 4.90 Å². The third-order valence-corrected chi connectivity index (χ3v) is 2.36. The van der Waals surface area contributed by atoms with Gasteiger partial charge in [0, 0.05) is 13.1 Å². The fraction of sp³-hybridized carbons (Fsp3) is 0.700. The van der Waals surface area contributed by atoms with E-state index < -0.39 is 43.7 Å². The average Bonchev–Trinajstić information content (AvgIpc) is 2.25. The zero-order chi connectivity index (χ0) is 15.7. The third-order valence-electron chi connectivity index (χ3n) is 2.36. The monoisotopic (exact) mass is 293 g/mol. The maximum Gasteiger partial charge on any atom is 0.317 e. The number of carboxylic acid groups (broad SMARTS) is 3. The number of nitrogens with zero attached hydrogens (tertiary/aromatic N) is 2. The highest BCUT2D eigenvalue weighted by atomic mass is 16.4. The van der Waals surface area contributed by atoms with E-state index in [1.807, 2.05) is 0 Å². The first-order valence-corrected chi connectivity index (χ1v) is 5.74. The Morgan fingerprint density at radius 3 is 1.75 bits per heavy atom. The van der Waals surface area contributed by atoms with Crippen molar-refractivity contribution in [1.82, 2.24) is 9.80 Å². The number of aliphatic hydroxyl groups excluding tert-OH is 1. The number of aliphatic carboxylic acids is 3. The first-order valence-electron chi connectivity index (χ1n) is 5.74. The molecular weight excluding hydrogens is 274 g/mol. The maximum absolute atomic E-state index is 10.6. The van der Waals surface area contributed by atoms with Gasteiger partial charge in [-0.05, 0) is 0 Å². The van der Waals surface area contributed by atoms with Crippen LogP contribution in [-0.2, 0) is 14.4 Å². The molecule has 0 rings (SSSR count). The van der Waals surface area contributed by atoms with Crippen molar-refractivity contribution >= 4 is 17.9 Å². The number of carboxylic acids is 3. The second-order valence-corrected chi connectivity index (χ2v) is 4.11. The second-order valence-electron chi connectivity index (χ2n) is 4.11. The van der Waals surface area contributed by atoms with Crippen LogP contribution in [-0.4, -0.2) is 93.6 Å². The third kappa shape index (κ3) is 8.37. The van der Waals surface area contributed by atoms with Crippen LogP contribution < -0.4 is 5.73 Å². The normalized spacial score (nSPS) is 12.6. The van der Waals surface area contributed by atoms with Crippen LogP contribution in [0.1, 0.15) is 0 Å². The SMILES string of the molecule is NC(CN(CC(=O)O)CC(=O)O)N(CCO)CC(=O)O. The van der Waals surface area contributed by atoms with E-state index in [4.69, 9.17) is 26.2 Å². The number of hydrogen-bond acceptors (Lipinski definition) is 7. The van der Waals surface area contributed by atoms with E-state index in [1.165, 1.54) is 4.90 Å². The van der Waals surface area contributed by atoms with E-state index in [0.29, 0.717) is 0 Å². The van der Waals surface area contributed by atoms with Gasteiger partial charge in [-0.1, -0.05) is 0 Å². The van der Waals surface area contributed by atoms with Gasteiger partial charge >= 0.3 is 17.9 Å². The zero-order valence-corrected chi connectivity index (χ0v) is 10.8. The molecule has 6 N–H and O–H groups in total. The Labute approximate surface area is 115 Å². The molecule has 1 atom stereocenters. The molecule has 0 aliphatic carbocycles. The molecule has 0 amide bonds. The molecule has 0 aromatic rings. The Balaban J connectivity index is 4.65. The topological polar surface area (TPSA) is 165 Å². The fourth-order valence-corrected chi connectivity index (χ4v) is 1.61. The Bertz CT molecular complexity index is 334. The highest BCUT2D eigenvalue weighted by molar-refractivity contribution is 5.72. The van der Waals surface area contributed by atoms with Crippen LogP contribution in [0.2, 0.25) is 0 Å². The number of rotatable bonds is 11. The summed E-state index contributed by atoms with van der Waals surface area (Å²) in [5.41, 5.74) is 5.73. The van der Waals surface area contributed by atoms with Gasteiger partial charge < -0.3 is 26.2 Å². The number of nitrogens with two attached hydrogens (primary N) is 1. The van der Waals surface area contributed by atoms with Gasteiger partial charge in [-0.2, -0.15) is 0 Å². The van der Waals surface area contributed by atoms with Gasteiger partial charge in [-0.3, -0.25) is 24.2 Å². The molecule has 1 unspecified atom stereocenters. The first-order chi connectivity index (χ1) is 9.26. The molecule has 0 radical (unpaired) electrons. The smallest absolute Gasteiger partial charge is 0.317 e. The van der Waals surface area contributed by atoms with E-state index in [9.17, 15) is 14.4 Å². The molecule has 0 aliphatic rings. The quantitative estimate of drug-likeness (QED) is 0.250. The molecule has 116 valence electrons. The maximum atomic E-state index is 10.6. The molecule has 0 saturated heterocycles. The summed E-state index contributed by atoms with van der Waals surface area (Å²) < 4.78 is 0. The molecule has 0 spiro atoms. The van der Waals surface area contributed by atoms with Gasteiger partial charge in [0.15, 0.2) is 0 Å². The lowest BCUT2D eigenvalue weighted by Crippen LogP contribution is -2.53. The van der Waals surface area contributed by atoms with Gasteiger partial charge in [-0.25, -0.2) is 0 Å². The number of carbonyl (C=O) groups is 3. The van der Waals surface area contributed by atoms with Crippen molar-refractivity contribution in [1.29, 1.82) is 0 Å². The predicted octanol–water partition coefficient (Wildman–Crippen LogP) is -2.88. The lowest BCUT2D eigenvalue weighted by molar-refractivity contribution is -0.143. The number of aliphatic hydroxyl groups is 1. The molecule has 10 heteroatoms. The van der Waals surface area contributed by atoms with Crippen molar-refractivity contribution in [2.45, 2.75) is 6.17 Å². The summed E-state index contributed by atoms with van der Waals surface area (Å²) in [6.07, 6.45) is -0.906. The van der Waals surface area contributed by atoms with Crippen LogP contribution in [0.3, 0.4) is 0 Å². The Morgan fingerprint density at radius 2 is 1.40 bits per heavy atom. The van der Waals surface area contributed by atoms with E-state index in [-0.39, 0.29) is 19.7 Å². The Kier molecular flexibility index (Phi) is 8.40. The van der Waals surface area contributed by atoms with Crippen LogP contribution in [0.25, 0.3) is 0 Å². The van der Waals surface area contributed by atoms with Crippen molar-refractivity contribution in [3.63, 3.8) is 0 Å². The molecule has 0 heterocycles. The zero-order valence-electron chi connectivity index (χ0n) is 10.8.